The predicted molar refractivity (Wildman–Crippen MR) is 143 cm³/mol. The smallest absolute Gasteiger partial charge is 0.222 e. The number of aliphatic imine (C=N–C) groups is 1. The van der Waals surface area contributed by atoms with Crippen LogP contribution in [0, 0.1) is 5.92 Å². The molecule has 1 rings (SSSR count). The van der Waals surface area contributed by atoms with E-state index in [9.17, 15) is 9.59 Å². The Kier molecular flexibility index (Phi) is 18.4. The molecule has 0 saturated carbocycles. The Balaban J connectivity index is 0.00000900. The van der Waals surface area contributed by atoms with Crippen molar-refractivity contribution in [2.24, 2.45) is 10.9 Å². The number of piperazine rings is 1. The van der Waals surface area contributed by atoms with Gasteiger partial charge in [-0.15, -0.1) is 24.0 Å². The number of guanidine groups is 1. The summed E-state index contributed by atoms with van der Waals surface area (Å²) in [5.74, 6) is 2.89. The molecular weight excluding hydrogens is 525 g/mol. The van der Waals surface area contributed by atoms with Crippen LogP contribution in [0.2, 0.25) is 0 Å². The lowest BCUT2D eigenvalue weighted by Gasteiger charge is -2.35. The molecule has 0 aromatic heterocycles. The molecule has 0 aromatic rings. The molecule has 1 heterocycles. The van der Waals surface area contributed by atoms with Crippen LogP contribution in [0.15, 0.2) is 4.99 Å². The molecule has 2 N–H and O–H groups in total. The van der Waals surface area contributed by atoms with Gasteiger partial charge < -0.3 is 20.4 Å². The Labute approximate surface area is 211 Å². The van der Waals surface area contributed by atoms with Crippen molar-refractivity contribution in [3.8, 4) is 0 Å². The standard InChI is InChI=1S/C22H43N5O2S.HI/c1-19(2)18-21(29)27-15-13-26(14-16-27)20(28)10-6-5-7-11-24-22(23-3)25-12-8-9-17-30-4;/h19H,5-18H2,1-4H3,(H2,23,24,25);1H. The number of hydrogen-bond donors (Lipinski definition) is 2. The van der Waals surface area contributed by atoms with Gasteiger partial charge in [-0.2, -0.15) is 11.8 Å². The fourth-order valence-corrected chi connectivity index (χ4v) is 3.92. The number of carbonyl (C=O) groups excluding carboxylic acids is 2. The first kappa shape index (κ1) is 30.3. The molecule has 0 bridgehead atoms. The van der Waals surface area contributed by atoms with E-state index in [0.29, 0.717) is 44.9 Å². The van der Waals surface area contributed by atoms with Crippen molar-refractivity contribution in [2.45, 2.75) is 58.8 Å². The number of thioether (sulfide) groups is 1. The fourth-order valence-electron chi connectivity index (χ4n) is 3.43. The third kappa shape index (κ3) is 14.1. The first-order valence-corrected chi connectivity index (χ1v) is 12.9. The van der Waals surface area contributed by atoms with Gasteiger partial charge in [0.2, 0.25) is 11.8 Å². The maximum Gasteiger partial charge on any atom is 0.222 e. The highest BCUT2D eigenvalue weighted by Gasteiger charge is 2.23. The monoisotopic (exact) mass is 569 g/mol. The molecule has 1 fully saturated rings. The van der Waals surface area contributed by atoms with Crippen LogP contribution < -0.4 is 10.6 Å². The highest BCUT2D eigenvalue weighted by atomic mass is 127. The lowest BCUT2D eigenvalue weighted by atomic mass is 10.1. The fraction of sp³-hybridized carbons (Fsp3) is 0.864. The Bertz CT molecular complexity index is 526. The van der Waals surface area contributed by atoms with Crippen molar-refractivity contribution in [1.82, 2.24) is 20.4 Å². The first-order valence-electron chi connectivity index (χ1n) is 11.5. The summed E-state index contributed by atoms with van der Waals surface area (Å²) in [6.45, 7) is 8.63. The van der Waals surface area contributed by atoms with Gasteiger partial charge >= 0.3 is 0 Å². The van der Waals surface area contributed by atoms with Crippen LogP contribution in [0.3, 0.4) is 0 Å². The van der Waals surface area contributed by atoms with E-state index in [1.54, 1.807) is 7.05 Å². The second-order valence-corrected chi connectivity index (χ2v) is 9.28. The molecule has 7 nitrogen and oxygen atoms in total. The zero-order valence-electron chi connectivity index (χ0n) is 20.0. The maximum absolute atomic E-state index is 12.4. The van der Waals surface area contributed by atoms with Gasteiger partial charge in [-0.05, 0) is 43.6 Å². The van der Waals surface area contributed by atoms with Gasteiger partial charge in [0.05, 0.1) is 0 Å². The summed E-state index contributed by atoms with van der Waals surface area (Å²) in [5.41, 5.74) is 0. The number of hydrogen-bond acceptors (Lipinski definition) is 4. The van der Waals surface area contributed by atoms with Gasteiger partial charge in [-0.25, -0.2) is 0 Å². The summed E-state index contributed by atoms with van der Waals surface area (Å²) in [4.78, 5) is 32.6. The van der Waals surface area contributed by atoms with Crippen LogP contribution in [0.1, 0.15) is 58.8 Å². The van der Waals surface area contributed by atoms with E-state index >= 15 is 0 Å². The van der Waals surface area contributed by atoms with Gasteiger partial charge in [-0.1, -0.05) is 20.3 Å². The van der Waals surface area contributed by atoms with Gasteiger partial charge in [0, 0.05) is 59.2 Å². The lowest BCUT2D eigenvalue weighted by Crippen LogP contribution is -2.50. The highest BCUT2D eigenvalue weighted by molar-refractivity contribution is 14.0. The number of halogens is 1. The molecule has 2 amide bonds. The summed E-state index contributed by atoms with van der Waals surface area (Å²) in [6, 6.07) is 0. The minimum atomic E-state index is 0. The van der Waals surface area contributed by atoms with Gasteiger partial charge in [0.25, 0.3) is 0 Å². The molecule has 1 aliphatic heterocycles. The third-order valence-electron chi connectivity index (χ3n) is 5.22. The summed E-state index contributed by atoms with van der Waals surface area (Å²) in [6.07, 6.45) is 8.68. The number of nitrogens with zero attached hydrogens (tertiary/aromatic N) is 3. The second-order valence-electron chi connectivity index (χ2n) is 8.30. The SMILES string of the molecule is CN=C(NCCCCCC(=O)N1CCN(C(=O)CC(C)C)CC1)NCCCCSC.I. The normalized spacial score (nSPS) is 14.4. The van der Waals surface area contributed by atoms with E-state index in [4.69, 9.17) is 0 Å². The average Bonchev–Trinajstić information content (AvgIpc) is 2.73. The molecule has 182 valence electrons. The number of unbranched alkanes of at least 4 members (excludes halogenated alkanes) is 3. The van der Waals surface area contributed by atoms with E-state index in [1.807, 2.05) is 21.6 Å². The number of nitrogens with one attached hydrogen (secondary N) is 2. The minimum absolute atomic E-state index is 0. The van der Waals surface area contributed by atoms with Crippen molar-refractivity contribution in [2.75, 3.05) is 58.3 Å². The topological polar surface area (TPSA) is 77.0 Å². The second kappa shape index (κ2) is 18.8. The highest BCUT2D eigenvalue weighted by Crippen LogP contribution is 2.10. The summed E-state index contributed by atoms with van der Waals surface area (Å²) < 4.78 is 0. The molecule has 1 aliphatic rings. The van der Waals surface area contributed by atoms with E-state index in [2.05, 4.69) is 35.7 Å². The molecule has 0 unspecified atom stereocenters. The van der Waals surface area contributed by atoms with E-state index in [0.717, 1.165) is 44.7 Å². The molecule has 31 heavy (non-hydrogen) atoms. The van der Waals surface area contributed by atoms with Crippen LogP contribution in [0.5, 0.6) is 0 Å². The molecule has 9 heteroatoms. The Morgan fingerprint density at radius 2 is 1.45 bits per heavy atom. The zero-order chi connectivity index (χ0) is 22.2. The molecular formula is C22H44IN5O2S. The van der Waals surface area contributed by atoms with Crippen molar-refractivity contribution in [3.05, 3.63) is 0 Å². The third-order valence-corrected chi connectivity index (χ3v) is 5.92. The van der Waals surface area contributed by atoms with Crippen LogP contribution in [0.25, 0.3) is 0 Å². The summed E-state index contributed by atoms with van der Waals surface area (Å²) in [7, 11) is 1.80. The molecule has 0 aliphatic carbocycles. The van der Waals surface area contributed by atoms with Crippen LogP contribution in [-0.4, -0.2) is 85.9 Å². The lowest BCUT2D eigenvalue weighted by molar-refractivity contribution is -0.140. The molecule has 0 radical (unpaired) electrons. The van der Waals surface area contributed by atoms with Crippen molar-refractivity contribution < 1.29 is 9.59 Å². The van der Waals surface area contributed by atoms with Crippen molar-refractivity contribution >= 4 is 53.5 Å². The maximum atomic E-state index is 12.4. The molecule has 0 atom stereocenters. The average molecular weight is 570 g/mol. The predicted octanol–water partition coefficient (Wildman–Crippen LogP) is 3.19. The van der Waals surface area contributed by atoms with Crippen LogP contribution in [-0.2, 0) is 9.59 Å². The first-order chi connectivity index (χ1) is 14.5. The van der Waals surface area contributed by atoms with E-state index in [-0.39, 0.29) is 35.8 Å². The quantitative estimate of drug-likeness (QED) is 0.154. The van der Waals surface area contributed by atoms with Crippen molar-refractivity contribution in [3.63, 3.8) is 0 Å². The van der Waals surface area contributed by atoms with Gasteiger partial charge in [0.15, 0.2) is 5.96 Å². The van der Waals surface area contributed by atoms with Crippen LogP contribution in [0.4, 0.5) is 0 Å². The van der Waals surface area contributed by atoms with Crippen LogP contribution >= 0.6 is 35.7 Å². The summed E-state index contributed by atoms with van der Waals surface area (Å²) in [5, 5.41) is 6.68. The van der Waals surface area contributed by atoms with Crippen molar-refractivity contribution in [1.29, 1.82) is 0 Å². The summed E-state index contributed by atoms with van der Waals surface area (Å²) >= 11 is 1.89. The van der Waals surface area contributed by atoms with E-state index < -0.39 is 0 Å². The molecule has 1 saturated heterocycles. The Hall–Kier alpha value is -0.710. The largest absolute Gasteiger partial charge is 0.356 e. The Morgan fingerprint density at radius 1 is 0.903 bits per heavy atom. The number of carbonyl (C=O) groups is 2. The number of amides is 2. The molecule has 0 aromatic carbocycles. The number of rotatable bonds is 13. The Morgan fingerprint density at radius 3 is 1.97 bits per heavy atom. The van der Waals surface area contributed by atoms with Gasteiger partial charge in [-0.3, -0.25) is 14.6 Å². The molecule has 0 spiro atoms. The zero-order valence-corrected chi connectivity index (χ0v) is 23.1. The van der Waals surface area contributed by atoms with Gasteiger partial charge in [0.1, 0.15) is 0 Å². The van der Waals surface area contributed by atoms with E-state index in [1.165, 1.54) is 12.2 Å². The minimum Gasteiger partial charge on any atom is -0.356 e.